The smallest absolute Gasteiger partial charge is 0.237 e. The van der Waals surface area contributed by atoms with Crippen molar-refractivity contribution in [2.75, 3.05) is 40.0 Å². The molecule has 2 fully saturated rings. The average Bonchev–Trinajstić information content (AvgIpc) is 2.72. The van der Waals surface area contributed by atoms with Crippen molar-refractivity contribution in [3.05, 3.63) is 35.9 Å². The lowest BCUT2D eigenvalue weighted by Gasteiger charge is -2.42. The van der Waals surface area contributed by atoms with Gasteiger partial charge in [0.15, 0.2) is 0 Å². The van der Waals surface area contributed by atoms with Crippen LogP contribution in [0.5, 0.6) is 0 Å². The Morgan fingerprint density at radius 2 is 1.81 bits per heavy atom. The first kappa shape index (κ1) is 24.2. The molecule has 1 saturated carbocycles. The van der Waals surface area contributed by atoms with E-state index in [1.165, 1.54) is 11.8 Å². The topological polar surface area (TPSA) is 79.0 Å². The van der Waals surface area contributed by atoms with Crippen LogP contribution in [-0.4, -0.2) is 82.4 Å². The summed E-state index contributed by atoms with van der Waals surface area (Å²) in [5.41, 5.74) is 1.39. The van der Waals surface area contributed by atoms with E-state index in [-0.39, 0.29) is 24.1 Å². The molecule has 174 valence electrons. The van der Waals surface area contributed by atoms with Gasteiger partial charge in [0, 0.05) is 12.6 Å². The maximum absolute atomic E-state index is 12.8. The summed E-state index contributed by atoms with van der Waals surface area (Å²) in [5.74, 6) is 0.597. The first-order chi connectivity index (χ1) is 14.7. The van der Waals surface area contributed by atoms with Crippen molar-refractivity contribution in [3.8, 4) is 0 Å². The molecule has 1 aromatic rings. The van der Waals surface area contributed by atoms with Crippen LogP contribution < -0.4 is 4.72 Å². The Bertz CT molecular complexity index is 807. The molecule has 0 spiro atoms. The van der Waals surface area contributed by atoms with Gasteiger partial charge in [-0.05, 0) is 64.1 Å². The van der Waals surface area contributed by atoms with E-state index in [0.717, 1.165) is 32.1 Å². The van der Waals surface area contributed by atoms with Crippen LogP contribution in [0.25, 0.3) is 0 Å². The molecule has 1 saturated heterocycles. The van der Waals surface area contributed by atoms with Crippen LogP contribution >= 0.6 is 0 Å². The highest BCUT2D eigenvalue weighted by Gasteiger charge is 2.36. The summed E-state index contributed by atoms with van der Waals surface area (Å²) in [6.45, 7) is 1.32. The molecule has 0 bridgehead atoms. The molecule has 3 rings (SSSR count). The van der Waals surface area contributed by atoms with Crippen molar-refractivity contribution in [1.29, 1.82) is 0 Å². The maximum Gasteiger partial charge on any atom is 0.237 e. The monoisotopic (exact) mass is 451 g/mol. The number of amides is 1. The second-order valence-electron chi connectivity index (χ2n) is 9.25. The van der Waals surface area contributed by atoms with Gasteiger partial charge in [-0.3, -0.25) is 4.79 Å². The summed E-state index contributed by atoms with van der Waals surface area (Å²) < 4.78 is 32.9. The largest absolute Gasteiger partial charge is 0.376 e. The minimum atomic E-state index is -3.36. The summed E-state index contributed by atoms with van der Waals surface area (Å²) in [6, 6.07) is 10.0. The van der Waals surface area contributed by atoms with E-state index in [1.54, 1.807) is 0 Å². The number of ether oxygens (including phenoxy) is 1. The van der Waals surface area contributed by atoms with E-state index in [0.29, 0.717) is 32.0 Å². The zero-order valence-corrected chi connectivity index (χ0v) is 19.8. The molecule has 7 nitrogen and oxygen atoms in total. The maximum atomic E-state index is 12.8. The number of nitrogens with zero attached hydrogens (tertiary/aromatic N) is 2. The standard InChI is InChI=1S/C23H37N3O4S/c1-25(2)16-23(27)26-15-7-10-21(24-31(3,28)29)22(26)17-30-20-13-11-19(12-14-20)18-8-5-4-6-9-18/h4-6,8-9,19-22,24H,7,10-17H2,1-3H3/t19?,20?,21-,22-/m0/s1. The number of hydrogen-bond acceptors (Lipinski definition) is 5. The summed E-state index contributed by atoms with van der Waals surface area (Å²) in [6.07, 6.45) is 6.99. The van der Waals surface area contributed by atoms with Gasteiger partial charge < -0.3 is 14.5 Å². The van der Waals surface area contributed by atoms with Crippen LogP contribution in [0, 0.1) is 0 Å². The molecule has 1 aliphatic heterocycles. The number of sulfonamides is 1. The lowest BCUT2D eigenvalue weighted by atomic mass is 9.83. The zero-order valence-electron chi connectivity index (χ0n) is 19.0. The number of carbonyl (C=O) groups is 1. The summed E-state index contributed by atoms with van der Waals surface area (Å²) in [5, 5.41) is 0. The number of benzene rings is 1. The van der Waals surface area contributed by atoms with Crippen LogP contribution in [0.4, 0.5) is 0 Å². The number of likely N-dealkylation sites (tertiary alicyclic amines) is 1. The fourth-order valence-electron chi connectivity index (χ4n) is 4.87. The molecule has 1 aliphatic carbocycles. The number of rotatable bonds is 8. The van der Waals surface area contributed by atoms with Crippen molar-refractivity contribution in [2.45, 2.75) is 62.6 Å². The molecule has 2 atom stereocenters. The highest BCUT2D eigenvalue weighted by atomic mass is 32.2. The Balaban J connectivity index is 1.61. The predicted octanol–water partition coefficient (Wildman–Crippen LogP) is 2.20. The normalized spacial score (nSPS) is 27.4. The number of nitrogens with one attached hydrogen (secondary N) is 1. The van der Waals surface area contributed by atoms with Crippen LogP contribution in [-0.2, 0) is 19.6 Å². The van der Waals surface area contributed by atoms with Gasteiger partial charge in [0.25, 0.3) is 0 Å². The first-order valence-electron chi connectivity index (χ1n) is 11.3. The van der Waals surface area contributed by atoms with Gasteiger partial charge >= 0.3 is 0 Å². The summed E-state index contributed by atoms with van der Waals surface area (Å²) >= 11 is 0. The Morgan fingerprint density at radius 3 is 2.42 bits per heavy atom. The number of piperidine rings is 1. The van der Waals surface area contributed by atoms with E-state index >= 15 is 0 Å². The minimum Gasteiger partial charge on any atom is -0.376 e. The molecule has 1 aromatic carbocycles. The van der Waals surface area contributed by atoms with Gasteiger partial charge in [-0.25, -0.2) is 13.1 Å². The Morgan fingerprint density at radius 1 is 1.13 bits per heavy atom. The molecular weight excluding hydrogens is 414 g/mol. The second kappa shape index (κ2) is 10.9. The van der Waals surface area contributed by atoms with E-state index in [1.807, 2.05) is 30.0 Å². The molecule has 8 heteroatoms. The zero-order chi connectivity index (χ0) is 22.4. The number of hydrogen-bond donors (Lipinski definition) is 1. The average molecular weight is 452 g/mol. The van der Waals surface area contributed by atoms with E-state index in [4.69, 9.17) is 4.74 Å². The third-order valence-corrected chi connectivity index (χ3v) is 7.09. The van der Waals surface area contributed by atoms with Crippen molar-refractivity contribution in [3.63, 3.8) is 0 Å². The predicted molar refractivity (Wildman–Crippen MR) is 122 cm³/mol. The molecule has 0 radical (unpaired) electrons. The SMILES string of the molecule is CN(C)CC(=O)N1CCC[C@H](NS(C)(=O)=O)[C@@H]1COC1CCC(c2ccccc2)CC1. The van der Waals surface area contributed by atoms with Gasteiger partial charge in [0.05, 0.1) is 31.6 Å². The molecule has 1 heterocycles. The second-order valence-corrected chi connectivity index (χ2v) is 11.0. The highest BCUT2D eigenvalue weighted by Crippen LogP contribution is 2.34. The van der Waals surface area contributed by atoms with Crippen molar-refractivity contribution in [1.82, 2.24) is 14.5 Å². The fourth-order valence-corrected chi connectivity index (χ4v) is 5.69. The van der Waals surface area contributed by atoms with Crippen molar-refractivity contribution >= 4 is 15.9 Å². The van der Waals surface area contributed by atoms with E-state index < -0.39 is 10.0 Å². The third kappa shape index (κ3) is 7.27. The van der Waals surface area contributed by atoms with Gasteiger partial charge in [0.1, 0.15) is 0 Å². The van der Waals surface area contributed by atoms with Gasteiger partial charge in [0.2, 0.25) is 15.9 Å². The van der Waals surface area contributed by atoms with Gasteiger partial charge in [-0.1, -0.05) is 30.3 Å². The molecule has 31 heavy (non-hydrogen) atoms. The van der Waals surface area contributed by atoms with E-state index in [2.05, 4.69) is 29.0 Å². The lowest BCUT2D eigenvalue weighted by molar-refractivity contribution is -0.139. The Hall–Kier alpha value is -1.48. The minimum absolute atomic E-state index is 0.0198. The van der Waals surface area contributed by atoms with Gasteiger partial charge in [-0.2, -0.15) is 0 Å². The molecular formula is C23H37N3O4S. The third-order valence-electron chi connectivity index (χ3n) is 6.36. The molecule has 2 aliphatic rings. The number of likely N-dealkylation sites (N-methyl/N-ethyl adjacent to an activating group) is 1. The first-order valence-corrected chi connectivity index (χ1v) is 13.2. The lowest BCUT2D eigenvalue weighted by Crippen LogP contribution is -2.60. The van der Waals surface area contributed by atoms with E-state index in [9.17, 15) is 13.2 Å². The number of carbonyl (C=O) groups excluding carboxylic acids is 1. The molecule has 1 amide bonds. The van der Waals surface area contributed by atoms with Crippen molar-refractivity contribution < 1.29 is 17.9 Å². The summed E-state index contributed by atoms with van der Waals surface area (Å²) in [7, 11) is 0.368. The Labute approximate surface area is 187 Å². The fraction of sp³-hybridized carbons (Fsp3) is 0.696. The quantitative estimate of drug-likeness (QED) is 0.656. The summed E-state index contributed by atoms with van der Waals surface area (Å²) in [4.78, 5) is 16.5. The molecule has 0 unspecified atom stereocenters. The Kier molecular flexibility index (Phi) is 8.50. The highest BCUT2D eigenvalue weighted by molar-refractivity contribution is 7.88. The molecule has 0 aromatic heterocycles. The van der Waals surface area contributed by atoms with Crippen LogP contribution in [0.3, 0.4) is 0 Å². The van der Waals surface area contributed by atoms with Crippen molar-refractivity contribution in [2.24, 2.45) is 0 Å². The van der Waals surface area contributed by atoms with Gasteiger partial charge in [-0.15, -0.1) is 0 Å². The van der Waals surface area contributed by atoms with Crippen LogP contribution in [0.1, 0.15) is 50.0 Å². The van der Waals surface area contributed by atoms with Crippen LogP contribution in [0.15, 0.2) is 30.3 Å². The van der Waals surface area contributed by atoms with Crippen LogP contribution in [0.2, 0.25) is 0 Å². The molecule has 1 N–H and O–H groups in total.